The van der Waals surface area contributed by atoms with E-state index in [0.29, 0.717) is 25.5 Å². The molecule has 2 aromatic rings. The Morgan fingerprint density at radius 3 is 1.40 bits per heavy atom. The molecule has 0 aromatic heterocycles. The molecule has 0 radical (unpaired) electrons. The molecule has 0 spiro atoms. The summed E-state index contributed by atoms with van der Waals surface area (Å²) < 4.78 is 47.6. The molecule has 0 saturated carbocycles. The molecule has 2 atom stereocenters. The van der Waals surface area contributed by atoms with Crippen LogP contribution in [0.25, 0.3) is 0 Å². The molecule has 348 valence electrons. The SMILES string of the molecule is CCCCCc1ccc(OCCOCCOC(=O)NC(CCCC(NC(=O)OCCOCCOc2ccc(CCCCNC(=O)OC(C)(C)C)cc2)C(=O)OC)C(=O)OC)cc1. The number of amides is 3. The summed E-state index contributed by atoms with van der Waals surface area (Å²) in [5, 5.41) is 7.69. The molecule has 0 aliphatic rings. The summed E-state index contributed by atoms with van der Waals surface area (Å²) in [7, 11) is 2.37. The Morgan fingerprint density at radius 1 is 0.548 bits per heavy atom. The molecule has 0 saturated heterocycles. The minimum Gasteiger partial charge on any atom is -0.491 e. The maximum absolute atomic E-state index is 12.4. The minimum atomic E-state index is -1.07. The summed E-state index contributed by atoms with van der Waals surface area (Å²) in [5.41, 5.74) is 1.91. The molecule has 0 fully saturated rings. The van der Waals surface area contributed by atoms with Gasteiger partial charge in [-0.1, -0.05) is 44.0 Å². The molecular weight excluding hydrogens is 807 g/mol. The van der Waals surface area contributed by atoms with Crippen molar-refractivity contribution in [2.24, 2.45) is 0 Å². The Labute approximate surface area is 366 Å². The molecule has 0 heterocycles. The molecule has 2 aromatic carbocycles. The van der Waals surface area contributed by atoms with Crippen LogP contribution in [-0.2, 0) is 55.6 Å². The van der Waals surface area contributed by atoms with Crippen molar-refractivity contribution >= 4 is 30.2 Å². The molecule has 0 aliphatic carbocycles. The van der Waals surface area contributed by atoms with E-state index in [-0.39, 0.29) is 58.9 Å². The second kappa shape index (κ2) is 31.5. The Balaban J connectivity index is 1.58. The van der Waals surface area contributed by atoms with Gasteiger partial charge in [-0.05, 0) is 108 Å². The monoisotopic (exact) mass is 875 g/mol. The number of ether oxygens (including phenoxy) is 9. The Hall–Kier alpha value is -5.29. The summed E-state index contributed by atoms with van der Waals surface area (Å²) in [4.78, 5) is 61.3. The molecule has 0 bridgehead atoms. The maximum atomic E-state index is 12.4. The van der Waals surface area contributed by atoms with E-state index in [9.17, 15) is 24.0 Å². The van der Waals surface area contributed by atoms with Gasteiger partial charge in [0.2, 0.25) is 0 Å². The highest BCUT2D eigenvalue weighted by Crippen LogP contribution is 2.16. The minimum absolute atomic E-state index is 0.0576. The lowest BCUT2D eigenvalue weighted by molar-refractivity contribution is -0.143. The van der Waals surface area contributed by atoms with Crippen molar-refractivity contribution < 1.29 is 66.6 Å². The van der Waals surface area contributed by atoms with Crippen LogP contribution in [0.4, 0.5) is 14.4 Å². The number of hydrogen-bond acceptors (Lipinski definition) is 14. The molecule has 62 heavy (non-hydrogen) atoms. The van der Waals surface area contributed by atoms with Gasteiger partial charge in [0.25, 0.3) is 0 Å². The quantitative estimate of drug-likeness (QED) is 0.0423. The van der Waals surface area contributed by atoms with E-state index in [2.05, 4.69) is 35.0 Å². The Morgan fingerprint density at radius 2 is 0.984 bits per heavy atom. The smallest absolute Gasteiger partial charge is 0.407 e. The zero-order valence-corrected chi connectivity index (χ0v) is 37.4. The highest BCUT2D eigenvalue weighted by atomic mass is 16.6. The van der Waals surface area contributed by atoms with E-state index in [4.69, 9.17) is 42.6 Å². The average molecular weight is 876 g/mol. The molecule has 2 unspecified atom stereocenters. The van der Waals surface area contributed by atoms with Gasteiger partial charge in [0, 0.05) is 6.54 Å². The van der Waals surface area contributed by atoms with Gasteiger partial charge in [0.15, 0.2) is 0 Å². The van der Waals surface area contributed by atoms with E-state index >= 15 is 0 Å². The Bertz CT molecular complexity index is 1570. The first-order valence-corrected chi connectivity index (χ1v) is 21.4. The topological polar surface area (TPSA) is 205 Å². The normalized spacial score (nSPS) is 12.0. The van der Waals surface area contributed by atoms with Crippen molar-refractivity contribution in [3.8, 4) is 11.5 Å². The fourth-order valence-electron chi connectivity index (χ4n) is 5.75. The first kappa shape index (κ1) is 52.8. The first-order chi connectivity index (χ1) is 29.8. The number of benzene rings is 2. The van der Waals surface area contributed by atoms with Gasteiger partial charge in [0.05, 0.1) is 40.6 Å². The second-order valence-corrected chi connectivity index (χ2v) is 15.2. The number of rotatable bonds is 31. The highest BCUT2D eigenvalue weighted by molar-refractivity contribution is 5.82. The van der Waals surface area contributed by atoms with E-state index in [1.165, 1.54) is 39.0 Å². The third-order valence-electron chi connectivity index (χ3n) is 8.93. The molecule has 3 N–H and O–H groups in total. The van der Waals surface area contributed by atoms with Crippen LogP contribution in [0.3, 0.4) is 0 Å². The van der Waals surface area contributed by atoms with Crippen molar-refractivity contribution in [2.75, 3.05) is 73.6 Å². The summed E-state index contributed by atoms with van der Waals surface area (Å²) in [6.07, 6.45) is 5.49. The summed E-state index contributed by atoms with van der Waals surface area (Å²) in [6, 6.07) is 13.6. The number of methoxy groups -OCH3 is 2. The van der Waals surface area contributed by atoms with Crippen LogP contribution >= 0.6 is 0 Å². The third kappa shape index (κ3) is 25.5. The molecule has 0 aliphatic heterocycles. The number of esters is 2. The van der Waals surface area contributed by atoms with Crippen molar-refractivity contribution in [3.05, 3.63) is 59.7 Å². The van der Waals surface area contributed by atoms with E-state index < -0.39 is 47.9 Å². The summed E-state index contributed by atoms with van der Waals surface area (Å²) >= 11 is 0. The fourth-order valence-corrected chi connectivity index (χ4v) is 5.75. The van der Waals surface area contributed by atoms with Crippen molar-refractivity contribution in [1.29, 1.82) is 0 Å². The fraction of sp³-hybridized carbons (Fsp3) is 0.622. The van der Waals surface area contributed by atoms with Crippen molar-refractivity contribution in [1.82, 2.24) is 16.0 Å². The van der Waals surface area contributed by atoms with Crippen LogP contribution < -0.4 is 25.4 Å². The Kier molecular flexibility index (Phi) is 26.9. The van der Waals surface area contributed by atoms with Gasteiger partial charge in [-0.3, -0.25) is 0 Å². The lowest BCUT2D eigenvalue weighted by Crippen LogP contribution is -2.44. The van der Waals surface area contributed by atoms with Gasteiger partial charge in [-0.2, -0.15) is 0 Å². The molecule has 3 amide bonds. The van der Waals surface area contributed by atoms with Gasteiger partial charge < -0.3 is 58.6 Å². The van der Waals surface area contributed by atoms with Crippen molar-refractivity contribution in [3.63, 3.8) is 0 Å². The van der Waals surface area contributed by atoms with Gasteiger partial charge in [-0.25, -0.2) is 24.0 Å². The number of aryl methyl sites for hydroxylation is 2. The second-order valence-electron chi connectivity index (χ2n) is 15.2. The molecule has 17 nitrogen and oxygen atoms in total. The zero-order chi connectivity index (χ0) is 45.4. The number of unbranched alkanes of at least 4 members (excludes halogenated alkanes) is 3. The highest BCUT2D eigenvalue weighted by Gasteiger charge is 2.26. The molecular formula is C45H69N3O14. The maximum Gasteiger partial charge on any atom is 0.407 e. The third-order valence-corrected chi connectivity index (χ3v) is 8.93. The van der Waals surface area contributed by atoms with E-state index in [1.807, 2.05) is 57.2 Å². The number of alkyl carbamates (subject to hydrolysis) is 3. The van der Waals surface area contributed by atoms with Crippen LogP contribution in [0, 0.1) is 0 Å². The van der Waals surface area contributed by atoms with Crippen LogP contribution in [0.1, 0.15) is 90.2 Å². The number of hydrogen-bond donors (Lipinski definition) is 3. The lowest BCUT2D eigenvalue weighted by atomic mass is 10.1. The first-order valence-electron chi connectivity index (χ1n) is 21.4. The van der Waals surface area contributed by atoms with Gasteiger partial charge in [-0.15, -0.1) is 0 Å². The standard InChI is InChI=1S/C45H69N3O14/c1-7-8-9-13-34-17-21-36(22-18-34)58-30-26-56-28-32-60-43(52)47-38(40(49)54-5)15-12-16-39(41(50)55-6)48-44(53)61-33-29-57-27-31-59-37-23-19-35(20-24-37)14-10-11-25-46-42(51)62-45(2,3)4/h17-24,38-39H,7-16,25-33H2,1-6H3,(H,46,51)(H,47,52)(H,48,53). The number of nitrogens with one attached hydrogen (secondary N) is 3. The average Bonchev–Trinajstić information content (AvgIpc) is 3.24. The van der Waals surface area contributed by atoms with Crippen LogP contribution in [0.2, 0.25) is 0 Å². The number of carbonyl (C=O) groups excluding carboxylic acids is 5. The van der Waals surface area contributed by atoms with Gasteiger partial charge in [0.1, 0.15) is 55.6 Å². The van der Waals surface area contributed by atoms with Gasteiger partial charge >= 0.3 is 30.2 Å². The lowest BCUT2D eigenvalue weighted by Gasteiger charge is -2.19. The van der Waals surface area contributed by atoms with Crippen molar-refractivity contribution in [2.45, 2.75) is 110 Å². The van der Waals surface area contributed by atoms with E-state index in [0.717, 1.165) is 37.0 Å². The summed E-state index contributed by atoms with van der Waals surface area (Å²) in [6.45, 7) is 9.45. The van der Waals surface area contributed by atoms with E-state index in [1.54, 1.807) is 0 Å². The molecule has 2 rings (SSSR count). The largest absolute Gasteiger partial charge is 0.491 e. The molecule has 17 heteroatoms. The predicted octanol–water partition coefficient (Wildman–Crippen LogP) is 6.46. The van der Waals surface area contributed by atoms with Crippen LogP contribution in [-0.4, -0.2) is 122 Å². The predicted molar refractivity (Wildman–Crippen MR) is 230 cm³/mol. The van der Waals surface area contributed by atoms with Crippen LogP contribution in [0.5, 0.6) is 11.5 Å². The van der Waals surface area contributed by atoms with Crippen LogP contribution in [0.15, 0.2) is 48.5 Å². The zero-order valence-electron chi connectivity index (χ0n) is 37.4. The summed E-state index contributed by atoms with van der Waals surface area (Å²) in [5.74, 6) is 0.0288. The number of carbonyl (C=O) groups is 5.